The summed E-state index contributed by atoms with van der Waals surface area (Å²) >= 11 is 0. The lowest BCUT2D eigenvalue weighted by atomic mass is 10.00. The van der Waals surface area contributed by atoms with Crippen molar-refractivity contribution in [1.82, 2.24) is 9.78 Å². The lowest BCUT2D eigenvalue weighted by Crippen LogP contribution is -2.38. The van der Waals surface area contributed by atoms with Gasteiger partial charge in [0.2, 0.25) is 5.91 Å². The molecule has 6 heteroatoms. The summed E-state index contributed by atoms with van der Waals surface area (Å²) in [6.45, 7) is 7.87. The minimum Gasteiger partial charge on any atom is -0.354 e. The Morgan fingerprint density at radius 3 is 2.70 bits per heavy atom. The molecule has 1 atom stereocenters. The van der Waals surface area contributed by atoms with Gasteiger partial charge in [0, 0.05) is 24.2 Å². The highest BCUT2D eigenvalue weighted by Gasteiger charge is 2.22. The molecule has 156 valence electrons. The number of amides is 1. The maximum atomic E-state index is 13.0. The van der Waals surface area contributed by atoms with Gasteiger partial charge in [-0.2, -0.15) is 5.10 Å². The molecule has 30 heavy (non-hydrogen) atoms. The minimum atomic E-state index is -0.258. The van der Waals surface area contributed by atoms with Crippen molar-refractivity contribution < 1.29 is 4.79 Å². The molecule has 0 radical (unpaired) electrons. The van der Waals surface area contributed by atoms with E-state index in [4.69, 9.17) is 0 Å². The molecular weight excluding hydrogens is 376 g/mol. The summed E-state index contributed by atoms with van der Waals surface area (Å²) in [5, 5.41) is 9.03. The number of nitrogens with one attached hydrogen (secondary N) is 1. The van der Waals surface area contributed by atoms with Crippen molar-refractivity contribution in [3.05, 3.63) is 63.9 Å². The average molecular weight is 405 g/mol. The SMILES string of the molecule is Cc1ccc(C)c(NC(=O)Cn2nc(N3CCC[C@@H](C)C3)c3ccccc3c2=O)c1. The molecule has 1 aromatic heterocycles. The van der Waals surface area contributed by atoms with E-state index in [2.05, 4.69) is 22.2 Å². The number of hydrogen-bond acceptors (Lipinski definition) is 4. The van der Waals surface area contributed by atoms with Crippen molar-refractivity contribution in [2.24, 2.45) is 5.92 Å². The number of piperidine rings is 1. The van der Waals surface area contributed by atoms with E-state index in [-0.39, 0.29) is 18.0 Å². The summed E-state index contributed by atoms with van der Waals surface area (Å²) in [5.74, 6) is 1.11. The number of rotatable bonds is 4. The fourth-order valence-electron chi connectivity index (χ4n) is 4.14. The first-order chi connectivity index (χ1) is 14.4. The van der Waals surface area contributed by atoms with Crippen LogP contribution in [0, 0.1) is 19.8 Å². The van der Waals surface area contributed by atoms with Gasteiger partial charge in [-0.25, -0.2) is 4.68 Å². The maximum Gasteiger partial charge on any atom is 0.275 e. The van der Waals surface area contributed by atoms with E-state index in [1.165, 1.54) is 11.1 Å². The molecule has 2 aromatic carbocycles. The first-order valence-corrected chi connectivity index (χ1v) is 10.5. The van der Waals surface area contributed by atoms with Crippen LogP contribution in [0.5, 0.6) is 0 Å². The molecule has 1 fully saturated rings. The average Bonchev–Trinajstić information content (AvgIpc) is 2.73. The van der Waals surface area contributed by atoms with Gasteiger partial charge in [-0.3, -0.25) is 9.59 Å². The van der Waals surface area contributed by atoms with Gasteiger partial charge in [0.15, 0.2) is 5.82 Å². The topological polar surface area (TPSA) is 67.2 Å². The highest BCUT2D eigenvalue weighted by atomic mass is 16.2. The van der Waals surface area contributed by atoms with Crippen molar-refractivity contribution in [3.8, 4) is 0 Å². The molecule has 6 nitrogen and oxygen atoms in total. The van der Waals surface area contributed by atoms with E-state index >= 15 is 0 Å². The Labute approximate surface area is 176 Å². The molecule has 0 saturated carbocycles. The number of anilines is 2. The Kier molecular flexibility index (Phi) is 5.57. The Morgan fingerprint density at radius 1 is 1.17 bits per heavy atom. The number of aryl methyl sites for hydroxylation is 2. The van der Waals surface area contributed by atoms with Crippen LogP contribution in [0.15, 0.2) is 47.3 Å². The van der Waals surface area contributed by atoms with Gasteiger partial charge in [0.1, 0.15) is 6.54 Å². The van der Waals surface area contributed by atoms with Crippen LogP contribution < -0.4 is 15.8 Å². The highest BCUT2D eigenvalue weighted by molar-refractivity contribution is 5.93. The lowest BCUT2D eigenvalue weighted by molar-refractivity contribution is -0.117. The van der Waals surface area contributed by atoms with Crippen molar-refractivity contribution in [3.63, 3.8) is 0 Å². The number of aromatic nitrogens is 2. The minimum absolute atomic E-state index is 0.118. The third-order valence-electron chi connectivity index (χ3n) is 5.77. The van der Waals surface area contributed by atoms with Crippen LogP contribution in [0.25, 0.3) is 10.8 Å². The first kappa shape index (κ1) is 20.1. The van der Waals surface area contributed by atoms with Gasteiger partial charge in [-0.1, -0.05) is 37.3 Å². The standard InChI is InChI=1S/C24H28N4O2/c1-16-10-11-18(3)21(13-16)25-22(29)15-28-24(30)20-9-5-4-8-19(20)23(26-28)27-12-6-7-17(2)14-27/h4-5,8-11,13,17H,6-7,12,14-15H2,1-3H3,(H,25,29)/t17-/m1/s1. The zero-order valence-corrected chi connectivity index (χ0v) is 17.8. The van der Waals surface area contributed by atoms with Gasteiger partial charge >= 0.3 is 0 Å². The van der Waals surface area contributed by atoms with Crippen LogP contribution in [-0.2, 0) is 11.3 Å². The molecule has 0 unspecified atom stereocenters. The molecule has 0 aliphatic carbocycles. The van der Waals surface area contributed by atoms with E-state index in [9.17, 15) is 9.59 Å². The molecular formula is C24H28N4O2. The van der Waals surface area contributed by atoms with Crippen molar-refractivity contribution >= 4 is 28.2 Å². The smallest absolute Gasteiger partial charge is 0.275 e. The van der Waals surface area contributed by atoms with E-state index in [0.29, 0.717) is 11.3 Å². The molecule has 1 amide bonds. The summed E-state index contributed by atoms with van der Waals surface area (Å²) in [6, 6.07) is 13.5. The van der Waals surface area contributed by atoms with Gasteiger partial charge in [0.05, 0.1) is 5.39 Å². The van der Waals surface area contributed by atoms with Crippen LogP contribution in [0.3, 0.4) is 0 Å². The predicted octanol–water partition coefficient (Wildman–Crippen LogP) is 3.89. The quantitative estimate of drug-likeness (QED) is 0.716. The molecule has 4 rings (SSSR count). The summed E-state index contributed by atoms with van der Waals surface area (Å²) in [6.07, 6.45) is 2.30. The molecule has 0 bridgehead atoms. The third kappa shape index (κ3) is 4.08. The second-order valence-corrected chi connectivity index (χ2v) is 8.39. The van der Waals surface area contributed by atoms with Crippen LogP contribution in [0.1, 0.15) is 30.9 Å². The lowest BCUT2D eigenvalue weighted by Gasteiger charge is -2.32. The first-order valence-electron chi connectivity index (χ1n) is 10.5. The second-order valence-electron chi connectivity index (χ2n) is 8.39. The van der Waals surface area contributed by atoms with Gasteiger partial charge in [-0.15, -0.1) is 0 Å². The molecule has 1 aliphatic rings. The second kappa shape index (κ2) is 8.30. The Bertz CT molecular complexity index is 1150. The van der Waals surface area contributed by atoms with Gasteiger partial charge < -0.3 is 10.2 Å². The molecule has 0 spiro atoms. The highest BCUT2D eigenvalue weighted by Crippen LogP contribution is 2.26. The Hall–Kier alpha value is -3.15. The largest absolute Gasteiger partial charge is 0.354 e. The number of carbonyl (C=O) groups is 1. The van der Waals surface area contributed by atoms with E-state index in [0.717, 1.165) is 47.5 Å². The number of hydrogen-bond donors (Lipinski definition) is 1. The molecule has 1 N–H and O–H groups in total. The molecule has 1 aliphatic heterocycles. The van der Waals surface area contributed by atoms with Crippen molar-refractivity contribution in [2.75, 3.05) is 23.3 Å². The van der Waals surface area contributed by atoms with Crippen LogP contribution in [-0.4, -0.2) is 28.8 Å². The maximum absolute atomic E-state index is 13.0. The molecule has 2 heterocycles. The van der Waals surface area contributed by atoms with E-state index < -0.39 is 0 Å². The predicted molar refractivity (Wildman–Crippen MR) is 121 cm³/mol. The van der Waals surface area contributed by atoms with Crippen LogP contribution in [0.4, 0.5) is 11.5 Å². The van der Waals surface area contributed by atoms with Gasteiger partial charge in [-0.05, 0) is 55.9 Å². The number of fused-ring (bicyclic) bond motifs is 1. The molecule has 1 saturated heterocycles. The van der Waals surface area contributed by atoms with E-state index in [1.807, 2.05) is 56.3 Å². The van der Waals surface area contributed by atoms with Crippen molar-refractivity contribution in [1.29, 1.82) is 0 Å². The van der Waals surface area contributed by atoms with Crippen LogP contribution in [0.2, 0.25) is 0 Å². The summed E-state index contributed by atoms with van der Waals surface area (Å²) in [7, 11) is 0. The van der Waals surface area contributed by atoms with Crippen LogP contribution >= 0.6 is 0 Å². The number of carbonyl (C=O) groups excluding carboxylic acids is 1. The van der Waals surface area contributed by atoms with E-state index in [1.54, 1.807) is 0 Å². The monoisotopic (exact) mass is 404 g/mol. The zero-order chi connectivity index (χ0) is 21.3. The Morgan fingerprint density at radius 2 is 1.93 bits per heavy atom. The molecule has 3 aromatic rings. The summed E-state index contributed by atoms with van der Waals surface area (Å²) < 4.78 is 1.30. The van der Waals surface area contributed by atoms with Gasteiger partial charge in [0.25, 0.3) is 5.56 Å². The number of nitrogens with zero attached hydrogens (tertiary/aromatic N) is 3. The van der Waals surface area contributed by atoms with Crippen molar-refractivity contribution in [2.45, 2.75) is 40.2 Å². The fourth-order valence-corrected chi connectivity index (χ4v) is 4.14. The summed E-state index contributed by atoms with van der Waals surface area (Å²) in [4.78, 5) is 28.0. The normalized spacial score (nSPS) is 16.6. The summed E-state index contributed by atoms with van der Waals surface area (Å²) in [5.41, 5.74) is 2.57. The third-order valence-corrected chi connectivity index (χ3v) is 5.77. The number of benzene rings is 2. The fraction of sp³-hybridized carbons (Fsp3) is 0.375. The Balaban J connectivity index is 1.68. The zero-order valence-electron chi connectivity index (χ0n) is 17.8.